The molecule has 2 aromatic rings. The number of amides is 1. The number of hydrogen-bond donors (Lipinski definition) is 1. The van der Waals surface area contributed by atoms with Crippen molar-refractivity contribution in [2.24, 2.45) is 0 Å². The Morgan fingerprint density at radius 1 is 1.27 bits per heavy atom. The number of furan rings is 1. The summed E-state index contributed by atoms with van der Waals surface area (Å²) in [7, 11) is 0. The Labute approximate surface area is 144 Å². The van der Waals surface area contributed by atoms with E-state index in [1.807, 2.05) is 24.3 Å². The third-order valence-corrected chi connectivity index (χ3v) is 3.96. The monoisotopic (exact) mass is 360 g/mol. The Balaban J connectivity index is 0.00000176. The zero-order chi connectivity index (χ0) is 14.8. The van der Waals surface area contributed by atoms with Crippen LogP contribution in [0.5, 0.6) is 0 Å². The normalized spacial score (nSPS) is 17.9. The summed E-state index contributed by atoms with van der Waals surface area (Å²) in [5.74, 6) is 0.0994. The molecule has 118 valence electrons. The van der Waals surface area contributed by atoms with Gasteiger partial charge in [-0.2, -0.15) is 0 Å². The fourth-order valence-corrected chi connectivity index (χ4v) is 2.87. The van der Waals surface area contributed by atoms with Gasteiger partial charge in [-0.05, 0) is 41.4 Å². The summed E-state index contributed by atoms with van der Waals surface area (Å²) in [6.45, 7) is 2.03. The van der Waals surface area contributed by atoms with E-state index in [9.17, 15) is 4.79 Å². The van der Waals surface area contributed by atoms with Gasteiger partial charge < -0.3 is 14.6 Å². The molecule has 4 nitrogen and oxygen atoms in total. The summed E-state index contributed by atoms with van der Waals surface area (Å²) < 4.78 is 5.23. The molecule has 0 bridgehead atoms. The van der Waals surface area contributed by atoms with E-state index in [0.717, 1.165) is 12.1 Å². The van der Waals surface area contributed by atoms with Gasteiger partial charge in [-0.1, -0.05) is 23.7 Å². The molecule has 1 amide bonds. The third-order valence-electron chi connectivity index (χ3n) is 3.52. The molecule has 0 saturated carbocycles. The first kappa shape index (κ1) is 17.2. The Morgan fingerprint density at radius 2 is 2.09 bits per heavy atom. The summed E-state index contributed by atoms with van der Waals surface area (Å²) in [5, 5.41) is 4.18. The molecule has 0 spiro atoms. The lowest BCUT2D eigenvalue weighted by Gasteiger charge is -2.36. The molecule has 1 unspecified atom stereocenters. The van der Waals surface area contributed by atoms with Crippen LogP contribution in [0.25, 0.3) is 0 Å². The minimum atomic E-state index is -0.159. The molecular weight excluding hydrogens is 347 g/mol. The quantitative estimate of drug-likeness (QED) is 0.885. The molecule has 0 aliphatic carbocycles. The smallest absolute Gasteiger partial charge is 0.290 e. The Morgan fingerprint density at radius 3 is 2.77 bits per heavy atom. The number of benzene rings is 1. The van der Waals surface area contributed by atoms with Gasteiger partial charge in [-0.15, -0.1) is 12.4 Å². The topological polar surface area (TPSA) is 45.5 Å². The highest BCUT2D eigenvalue weighted by molar-refractivity contribution is 6.30. The van der Waals surface area contributed by atoms with E-state index in [0.29, 0.717) is 18.1 Å². The number of halogens is 3. The zero-order valence-corrected chi connectivity index (χ0v) is 13.9. The summed E-state index contributed by atoms with van der Waals surface area (Å²) in [5.41, 5.74) is 1.00. The average molecular weight is 362 g/mol. The molecule has 1 aliphatic heterocycles. The number of nitrogens with one attached hydrogen (secondary N) is 1. The molecule has 1 aromatic carbocycles. The molecule has 1 aliphatic rings. The van der Waals surface area contributed by atoms with Crippen LogP contribution in [0.3, 0.4) is 0 Å². The van der Waals surface area contributed by atoms with Crippen molar-refractivity contribution in [1.29, 1.82) is 0 Å². The number of rotatable bonds is 2. The molecule has 22 heavy (non-hydrogen) atoms. The van der Waals surface area contributed by atoms with Crippen LogP contribution >= 0.6 is 35.6 Å². The van der Waals surface area contributed by atoms with E-state index in [4.69, 9.17) is 27.6 Å². The van der Waals surface area contributed by atoms with Crippen LogP contribution in [0.4, 0.5) is 0 Å². The molecule has 0 radical (unpaired) electrons. The molecule has 1 N–H and O–H groups in total. The largest absolute Gasteiger partial charge is 0.440 e. The molecule has 1 aromatic heterocycles. The van der Waals surface area contributed by atoms with Gasteiger partial charge in [-0.3, -0.25) is 4.79 Å². The van der Waals surface area contributed by atoms with Crippen molar-refractivity contribution in [2.45, 2.75) is 6.04 Å². The van der Waals surface area contributed by atoms with Crippen molar-refractivity contribution in [3.05, 3.63) is 58.0 Å². The van der Waals surface area contributed by atoms with E-state index in [-0.39, 0.29) is 35.3 Å². The summed E-state index contributed by atoms with van der Waals surface area (Å²) >= 11 is 11.8. The highest BCUT2D eigenvalue weighted by Crippen LogP contribution is 2.27. The second kappa shape index (κ2) is 7.38. The first-order valence-electron chi connectivity index (χ1n) is 6.67. The van der Waals surface area contributed by atoms with Gasteiger partial charge in [0.25, 0.3) is 5.91 Å². The Hall–Kier alpha value is -1.20. The Kier molecular flexibility index (Phi) is 5.75. The fraction of sp³-hybridized carbons (Fsp3) is 0.267. The van der Waals surface area contributed by atoms with E-state index in [1.54, 1.807) is 17.0 Å². The van der Waals surface area contributed by atoms with Crippen LogP contribution in [0.2, 0.25) is 10.2 Å². The van der Waals surface area contributed by atoms with Crippen molar-refractivity contribution in [3.63, 3.8) is 0 Å². The molecule has 1 saturated heterocycles. The minimum Gasteiger partial charge on any atom is -0.440 e. The van der Waals surface area contributed by atoms with E-state index >= 15 is 0 Å². The lowest BCUT2D eigenvalue weighted by atomic mass is 10.0. The molecule has 1 atom stereocenters. The number of nitrogens with zero attached hydrogens (tertiary/aromatic N) is 1. The van der Waals surface area contributed by atoms with Crippen molar-refractivity contribution >= 4 is 41.5 Å². The van der Waals surface area contributed by atoms with Crippen molar-refractivity contribution < 1.29 is 9.21 Å². The van der Waals surface area contributed by atoms with E-state index in [1.165, 1.54) is 0 Å². The van der Waals surface area contributed by atoms with E-state index in [2.05, 4.69) is 5.32 Å². The maximum Gasteiger partial charge on any atom is 0.290 e. The second-order valence-electron chi connectivity index (χ2n) is 4.88. The predicted molar refractivity (Wildman–Crippen MR) is 89.1 cm³/mol. The maximum absolute atomic E-state index is 12.6. The minimum absolute atomic E-state index is 0. The third kappa shape index (κ3) is 3.58. The highest BCUT2D eigenvalue weighted by atomic mass is 35.5. The summed E-state index contributed by atoms with van der Waals surface area (Å²) in [4.78, 5) is 14.4. The molecular formula is C15H15Cl3N2O2. The fourth-order valence-electron chi connectivity index (χ4n) is 2.53. The van der Waals surface area contributed by atoms with Crippen molar-refractivity contribution in [3.8, 4) is 0 Å². The van der Waals surface area contributed by atoms with Crippen molar-refractivity contribution in [2.75, 3.05) is 19.6 Å². The van der Waals surface area contributed by atoms with Gasteiger partial charge in [0.05, 0.1) is 6.04 Å². The summed E-state index contributed by atoms with van der Waals surface area (Å²) in [6, 6.07) is 10.7. The number of carbonyl (C=O) groups is 1. The van der Waals surface area contributed by atoms with Gasteiger partial charge in [0.2, 0.25) is 0 Å². The van der Waals surface area contributed by atoms with Gasteiger partial charge in [0, 0.05) is 24.7 Å². The maximum atomic E-state index is 12.6. The standard InChI is InChI=1S/C15H14Cl2N2O2.ClH/c16-11-3-1-2-10(8-11)12-9-18-6-7-19(12)15(20)13-4-5-14(17)21-13;/h1-5,8,12,18H,6-7,9H2;1H. The number of carbonyl (C=O) groups excluding carboxylic acids is 1. The van der Waals surface area contributed by atoms with Gasteiger partial charge in [-0.25, -0.2) is 0 Å². The van der Waals surface area contributed by atoms with Crippen molar-refractivity contribution in [1.82, 2.24) is 10.2 Å². The first-order valence-corrected chi connectivity index (χ1v) is 7.43. The zero-order valence-electron chi connectivity index (χ0n) is 11.6. The van der Waals surface area contributed by atoms with Crippen LogP contribution < -0.4 is 5.32 Å². The number of piperazine rings is 1. The second-order valence-corrected chi connectivity index (χ2v) is 5.69. The summed E-state index contributed by atoms with van der Waals surface area (Å²) in [6.07, 6.45) is 0. The lowest BCUT2D eigenvalue weighted by molar-refractivity contribution is 0.0602. The Bertz CT molecular complexity index is 660. The van der Waals surface area contributed by atoms with Crippen LogP contribution in [-0.2, 0) is 0 Å². The van der Waals surface area contributed by atoms with Crippen LogP contribution in [0, 0.1) is 0 Å². The SMILES string of the molecule is Cl.O=C(c1ccc(Cl)o1)N1CCNCC1c1cccc(Cl)c1. The lowest BCUT2D eigenvalue weighted by Crippen LogP contribution is -2.48. The van der Waals surface area contributed by atoms with Gasteiger partial charge in [0.1, 0.15) is 0 Å². The van der Waals surface area contributed by atoms with Crippen LogP contribution in [0.1, 0.15) is 22.2 Å². The van der Waals surface area contributed by atoms with Gasteiger partial charge >= 0.3 is 0 Å². The van der Waals surface area contributed by atoms with Gasteiger partial charge in [0.15, 0.2) is 11.0 Å². The molecule has 1 fully saturated rings. The molecule has 2 heterocycles. The van der Waals surface area contributed by atoms with E-state index < -0.39 is 0 Å². The average Bonchev–Trinajstić information content (AvgIpc) is 2.93. The predicted octanol–water partition coefficient (Wildman–Crippen LogP) is 3.79. The first-order chi connectivity index (χ1) is 10.1. The van der Waals surface area contributed by atoms with Crippen LogP contribution in [-0.4, -0.2) is 30.4 Å². The number of hydrogen-bond acceptors (Lipinski definition) is 3. The van der Waals surface area contributed by atoms with Crippen LogP contribution in [0.15, 0.2) is 40.8 Å². The molecule has 3 rings (SSSR count). The highest BCUT2D eigenvalue weighted by Gasteiger charge is 2.30. The molecule has 7 heteroatoms.